The van der Waals surface area contributed by atoms with Gasteiger partial charge in [-0.15, -0.1) is 0 Å². The lowest BCUT2D eigenvalue weighted by molar-refractivity contribution is -0.134. The summed E-state index contributed by atoms with van der Waals surface area (Å²) in [6, 6.07) is 4.58. The van der Waals surface area contributed by atoms with Crippen molar-refractivity contribution in [1.29, 1.82) is 0 Å². The molecule has 4 heterocycles. The number of ether oxygens (including phenoxy) is 6. The molecule has 2 bridgehead atoms. The number of alkyl carbamates (subject to hydrolysis) is 1. The minimum absolute atomic E-state index is 0.0163. The fraction of sp³-hybridized carbons (Fsp3) is 0.545. The highest BCUT2D eigenvalue weighted by atomic mass is 32.1. The molecular formula is C44H59N3O10S. The Balaban J connectivity index is 0.00000279. The van der Waals surface area contributed by atoms with Gasteiger partial charge in [-0.25, -0.2) is 4.79 Å². The van der Waals surface area contributed by atoms with Crippen LogP contribution in [0.3, 0.4) is 0 Å². The number of benzene rings is 3. The molecule has 1 unspecified atom stereocenters. The monoisotopic (exact) mass is 821 g/mol. The van der Waals surface area contributed by atoms with Crippen LogP contribution in [-0.2, 0) is 28.8 Å². The third kappa shape index (κ3) is 8.60. The number of hydrogen-bond donors (Lipinski definition) is 5. The molecule has 3 aromatic rings. The molecule has 1 fully saturated rings. The topological polar surface area (TPSA) is 157 Å². The highest BCUT2D eigenvalue weighted by molar-refractivity contribution is 7.79. The van der Waals surface area contributed by atoms with Crippen LogP contribution in [0, 0.1) is 20.8 Å². The van der Waals surface area contributed by atoms with Gasteiger partial charge in [0.25, 0.3) is 0 Å². The van der Waals surface area contributed by atoms with Crippen molar-refractivity contribution in [3.8, 4) is 40.2 Å². The third-order valence-corrected chi connectivity index (χ3v) is 11.9. The van der Waals surface area contributed by atoms with E-state index in [0.717, 1.165) is 71.0 Å². The fourth-order valence-corrected chi connectivity index (χ4v) is 9.18. The summed E-state index contributed by atoms with van der Waals surface area (Å²) in [6.45, 7) is 8.84. The minimum atomic E-state index is -0.585. The summed E-state index contributed by atoms with van der Waals surface area (Å²) in [7, 11) is 3.07. The Kier molecular flexibility index (Phi) is 14.1. The van der Waals surface area contributed by atoms with E-state index in [9.17, 15) is 19.8 Å². The van der Waals surface area contributed by atoms with Gasteiger partial charge >= 0.3 is 12.1 Å². The highest BCUT2D eigenvalue weighted by Gasteiger charge is 2.51. The van der Waals surface area contributed by atoms with E-state index in [1.165, 1.54) is 7.11 Å². The Hall–Kier alpha value is -4.53. The molecule has 14 heteroatoms. The van der Waals surface area contributed by atoms with Crippen LogP contribution in [0.4, 0.5) is 4.79 Å². The number of hydrogen-bond acceptors (Lipinski definition) is 13. The van der Waals surface area contributed by atoms with Gasteiger partial charge in [-0.1, -0.05) is 38.7 Å². The number of fused-ring (bicyclic) bond motifs is 9. The van der Waals surface area contributed by atoms with Crippen LogP contribution in [0.1, 0.15) is 102 Å². The van der Waals surface area contributed by atoms with Crippen LogP contribution < -0.4 is 34.3 Å². The van der Waals surface area contributed by atoms with E-state index in [1.54, 1.807) is 25.5 Å². The number of phenolic OH excluding ortho intramolecular Hbond substituents is 2. The molecule has 0 aromatic heterocycles. The third-order valence-electron chi connectivity index (χ3n) is 11.9. The number of rotatable bonds is 14. The number of carbonyl (C=O) groups excluding carboxylic acids is 2. The maximum Gasteiger partial charge on any atom is 0.407 e. The number of amides is 1. The summed E-state index contributed by atoms with van der Waals surface area (Å²) < 4.78 is 35.4. The number of aromatic hydroxyl groups is 2. The zero-order valence-corrected chi connectivity index (χ0v) is 35.7. The highest BCUT2D eigenvalue weighted by Crippen LogP contribution is 2.56. The number of unbranched alkanes of at least 4 members (excludes halogenated alkanes) is 4. The number of phenols is 2. The molecule has 13 nitrogen and oxygen atoms in total. The smallest absolute Gasteiger partial charge is 0.407 e. The Morgan fingerprint density at radius 3 is 2.45 bits per heavy atom. The lowest BCUT2D eigenvalue weighted by atomic mass is 9.75. The van der Waals surface area contributed by atoms with Crippen LogP contribution in [0.25, 0.3) is 0 Å². The summed E-state index contributed by atoms with van der Waals surface area (Å²) in [5.74, 6) is 2.25. The Labute approximate surface area is 347 Å². The van der Waals surface area contributed by atoms with E-state index < -0.39 is 12.1 Å². The van der Waals surface area contributed by atoms with Crippen molar-refractivity contribution in [3.63, 3.8) is 0 Å². The summed E-state index contributed by atoms with van der Waals surface area (Å²) >= 11 is 3.53. The fourth-order valence-electron chi connectivity index (χ4n) is 9.18. The standard InChI is InChI=1S/C43H55N3O10.CH4S/c1-7-8-9-10-11-12-34(48)56-40-25(4)41-42(55-22-54-41)36-29(40)19-30-37-35-27(15-24(3)39(52-6)38(35)49)17-28(45-37)20-46(30)31(36)21-53-43(50)44-14-13-26-18-32(47)33(51-5)16-23(26)2;1-2/h15-16,18,28,30-31,37,45,47,49H,7-14,17,19-22H2,1-6H3,(H,44,50);2H,1H3/t28-,30?,31-,37-;/m0./s1. The number of nitrogens with one attached hydrogen (secondary N) is 2. The van der Waals surface area contributed by atoms with Gasteiger partial charge in [0.2, 0.25) is 6.79 Å². The number of thiol groups is 1. The normalized spacial score (nSPS) is 19.8. The zero-order chi connectivity index (χ0) is 41.7. The van der Waals surface area contributed by atoms with Gasteiger partial charge in [-0.05, 0) is 87.1 Å². The summed E-state index contributed by atoms with van der Waals surface area (Å²) in [6.07, 6.45) is 8.10. The summed E-state index contributed by atoms with van der Waals surface area (Å²) in [5, 5.41) is 28.6. The first-order valence-corrected chi connectivity index (χ1v) is 21.2. The average Bonchev–Trinajstić information content (AvgIpc) is 3.70. The predicted octanol–water partition coefficient (Wildman–Crippen LogP) is 7.09. The van der Waals surface area contributed by atoms with Crippen molar-refractivity contribution in [1.82, 2.24) is 15.5 Å². The molecule has 0 saturated carbocycles. The molecule has 1 amide bonds. The lowest BCUT2D eigenvalue weighted by Gasteiger charge is -2.54. The molecule has 4 aliphatic heterocycles. The molecule has 3 aromatic carbocycles. The molecule has 0 radical (unpaired) electrons. The maximum atomic E-state index is 13.5. The average molecular weight is 822 g/mol. The van der Waals surface area contributed by atoms with E-state index in [2.05, 4.69) is 41.2 Å². The van der Waals surface area contributed by atoms with Crippen molar-refractivity contribution < 1.29 is 48.2 Å². The van der Waals surface area contributed by atoms with Gasteiger partial charge in [-0.3, -0.25) is 9.69 Å². The minimum Gasteiger partial charge on any atom is -0.504 e. The van der Waals surface area contributed by atoms with Gasteiger partial charge < -0.3 is 49.3 Å². The van der Waals surface area contributed by atoms with E-state index in [4.69, 9.17) is 28.4 Å². The van der Waals surface area contributed by atoms with Crippen molar-refractivity contribution in [3.05, 3.63) is 62.7 Å². The number of piperazine rings is 1. The summed E-state index contributed by atoms with van der Waals surface area (Å²) in [4.78, 5) is 29.2. The molecule has 4 atom stereocenters. The van der Waals surface area contributed by atoms with E-state index in [0.29, 0.717) is 66.5 Å². The number of nitrogens with zero attached hydrogens (tertiary/aromatic N) is 1. The molecule has 0 aliphatic carbocycles. The van der Waals surface area contributed by atoms with Crippen molar-refractivity contribution in [2.45, 2.75) is 110 Å². The molecular weight excluding hydrogens is 763 g/mol. The SMILES string of the molecule is CCCCCCCC(=O)Oc1c(C)c2c(c3c1CC1[C@@H]4N[C@@H](Cc5cc(C)c(OC)c(O)c54)CN1[C@H]3COC(=O)NCCc1cc(O)c(OC)cc1C)OCO2.CS. The van der Waals surface area contributed by atoms with Crippen molar-refractivity contribution in [2.24, 2.45) is 0 Å². The van der Waals surface area contributed by atoms with Gasteiger partial charge in [0, 0.05) is 53.8 Å². The zero-order valence-electron chi connectivity index (χ0n) is 34.8. The van der Waals surface area contributed by atoms with E-state index in [-0.39, 0.29) is 55.5 Å². The van der Waals surface area contributed by atoms with Crippen molar-refractivity contribution in [2.75, 3.05) is 47.0 Å². The molecule has 58 heavy (non-hydrogen) atoms. The number of aryl methyl sites for hydroxylation is 2. The Morgan fingerprint density at radius 1 is 0.948 bits per heavy atom. The Morgan fingerprint density at radius 2 is 1.71 bits per heavy atom. The molecule has 316 valence electrons. The van der Waals surface area contributed by atoms with Gasteiger partial charge in [0.05, 0.1) is 26.3 Å². The number of carbonyl (C=O) groups is 2. The first-order valence-electron chi connectivity index (χ1n) is 20.3. The van der Waals surface area contributed by atoms with E-state index >= 15 is 0 Å². The first-order chi connectivity index (χ1) is 28.0. The Bertz CT molecular complexity index is 1990. The quantitative estimate of drug-likeness (QED) is 0.0488. The van der Waals surface area contributed by atoms with Gasteiger partial charge in [0.15, 0.2) is 34.5 Å². The molecule has 7 rings (SSSR count). The molecule has 1 saturated heterocycles. The number of methoxy groups -OCH3 is 2. The molecule has 4 N–H and O–H groups in total. The maximum absolute atomic E-state index is 13.5. The largest absolute Gasteiger partial charge is 0.504 e. The second-order valence-electron chi connectivity index (χ2n) is 15.5. The molecule has 4 aliphatic rings. The second-order valence-corrected chi connectivity index (χ2v) is 15.5. The van der Waals surface area contributed by atoms with Crippen LogP contribution in [0.15, 0.2) is 18.2 Å². The first kappa shape index (κ1) is 43.1. The van der Waals surface area contributed by atoms with Gasteiger partial charge in [-0.2, -0.15) is 12.6 Å². The van der Waals surface area contributed by atoms with Crippen LogP contribution in [0.2, 0.25) is 0 Å². The second kappa shape index (κ2) is 19.0. The number of esters is 1. The van der Waals surface area contributed by atoms with Crippen LogP contribution in [0.5, 0.6) is 40.2 Å². The molecule has 0 spiro atoms. The predicted molar refractivity (Wildman–Crippen MR) is 223 cm³/mol. The van der Waals surface area contributed by atoms with Crippen LogP contribution in [-0.4, -0.2) is 86.2 Å². The van der Waals surface area contributed by atoms with Crippen LogP contribution >= 0.6 is 12.6 Å². The van der Waals surface area contributed by atoms with Gasteiger partial charge in [0.1, 0.15) is 12.4 Å². The van der Waals surface area contributed by atoms with E-state index in [1.807, 2.05) is 20.8 Å². The lowest BCUT2D eigenvalue weighted by Crippen LogP contribution is -2.64. The van der Waals surface area contributed by atoms with Crippen molar-refractivity contribution >= 4 is 24.7 Å². The summed E-state index contributed by atoms with van der Waals surface area (Å²) in [5.41, 5.74) is 6.83.